The van der Waals surface area contributed by atoms with Gasteiger partial charge in [0, 0.05) is 29.7 Å². The molecule has 0 unspecified atom stereocenters. The number of nitrogens with zero attached hydrogens (tertiary/aromatic N) is 2. The maximum Gasteiger partial charge on any atom is 0.0951 e. The van der Waals surface area contributed by atoms with Gasteiger partial charge in [0.1, 0.15) is 0 Å². The van der Waals surface area contributed by atoms with Crippen molar-refractivity contribution in [3.63, 3.8) is 0 Å². The SMILES string of the molecule is c1ccc(Cc2cncn2Cc2ccc(-c3cccs3)cc2)cc1. The topological polar surface area (TPSA) is 17.8 Å². The smallest absolute Gasteiger partial charge is 0.0951 e. The molecule has 2 nitrogen and oxygen atoms in total. The van der Waals surface area contributed by atoms with Crippen LogP contribution >= 0.6 is 11.3 Å². The lowest BCUT2D eigenvalue weighted by Gasteiger charge is -2.09. The second-order valence-corrected chi connectivity index (χ2v) is 6.80. The Hall–Kier alpha value is -2.65. The highest BCUT2D eigenvalue weighted by molar-refractivity contribution is 7.13. The van der Waals surface area contributed by atoms with Gasteiger partial charge in [-0.3, -0.25) is 0 Å². The van der Waals surface area contributed by atoms with Crippen molar-refractivity contribution in [2.24, 2.45) is 0 Å². The first-order chi connectivity index (χ1) is 11.9. The van der Waals surface area contributed by atoms with E-state index in [4.69, 9.17) is 0 Å². The van der Waals surface area contributed by atoms with Gasteiger partial charge in [-0.1, -0.05) is 60.7 Å². The second-order valence-electron chi connectivity index (χ2n) is 5.85. The average Bonchev–Trinajstić information content (AvgIpc) is 3.29. The lowest BCUT2D eigenvalue weighted by molar-refractivity contribution is 0.753. The number of thiophene rings is 1. The third kappa shape index (κ3) is 3.31. The second kappa shape index (κ2) is 6.85. The van der Waals surface area contributed by atoms with Gasteiger partial charge in [0.05, 0.1) is 6.33 Å². The van der Waals surface area contributed by atoms with Gasteiger partial charge < -0.3 is 4.57 Å². The molecule has 0 atom stereocenters. The third-order valence-corrected chi connectivity index (χ3v) is 5.06. The molecule has 0 radical (unpaired) electrons. The van der Waals surface area contributed by atoms with Crippen molar-refractivity contribution >= 4 is 11.3 Å². The number of hydrogen-bond acceptors (Lipinski definition) is 2. The van der Waals surface area contributed by atoms with Crippen LogP contribution in [0.2, 0.25) is 0 Å². The molecule has 24 heavy (non-hydrogen) atoms. The van der Waals surface area contributed by atoms with E-state index in [1.54, 1.807) is 11.3 Å². The van der Waals surface area contributed by atoms with Crippen molar-refractivity contribution < 1.29 is 0 Å². The maximum absolute atomic E-state index is 4.34. The summed E-state index contributed by atoms with van der Waals surface area (Å²) in [6.07, 6.45) is 4.80. The van der Waals surface area contributed by atoms with E-state index < -0.39 is 0 Å². The molecular weight excluding hydrogens is 312 g/mol. The molecule has 0 saturated heterocycles. The fourth-order valence-corrected chi connectivity index (χ4v) is 3.59. The first-order valence-corrected chi connectivity index (χ1v) is 8.92. The molecule has 0 aliphatic carbocycles. The zero-order valence-corrected chi connectivity index (χ0v) is 14.1. The summed E-state index contributed by atoms with van der Waals surface area (Å²) in [5, 5.41) is 2.12. The number of benzene rings is 2. The summed E-state index contributed by atoms with van der Waals surface area (Å²) in [4.78, 5) is 5.65. The van der Waals surface area contributed by atoms with E-state index in [2.05, 4.69) is 81.7 Å². The molecule has 2 heterocycles. The Labute approximate surface area is 146 Å². The summed E-state index contributed by atoms with van der Waals surface area (Å²) >= 11 is 1.78. The van der Waals surface area contributed by atoms with Gasteiger partial charge in [0.25, 0.3) is 0 Å². The van der Waals surface area contributed by atoms with Crippen LogP contribution in [-0.2, 0) is 13.0 Å². The van der Waals surface area contributed by atoms with Gasteiger partial charge in [0.15, 0.2) is 0 Å². The fraction of sp³-hybridized carbons (Fsp3) is 0.0952. The Morgan fingerprint density at radius 2 is 1.67 bits per heavy atom. The summed E-state index contributed by atoms with van der Waals surface area (Å²) in [5.74, 6) is 0. The van der Waals surface area contributed by atoms with Crippen LogP contribution in [-0.4, -0.2) is 9.55 Å². The summed E-state index contributed by atoms with van der Waals surface area (Å²) in [6, 6.07) is 23.6. The highest BCUT2D eigenvalue weighted by atomic mass is 32.1. The van der Waals surface area contributed by atoms with Crippen LogP contribution in [0.4, 0.5) is 0 Å². The lowest BCUT2D eigenvalue weighted by Crippen LogP contribution is -2.03. The Balaban J connectivity index is 1.51. The standard InChI is InChI=1S/C21H18N2S/c1-2-5-17(6-3-1)13-20-14-22-16-23(20)15-18-8-10-19(11-9-18)21-7-4-12-24-21/h1-12,14,16H,13,15H2. The number of aromatic nitrogens is 2. The van der Waals surface area contributed by atoms with Crippen LogP contribution in [0.25, 0.3) is 10.4 Å². The molecule has 4 rings (SSSR count). The van der Waals surface area contributed by atoms with Crippen molar-refractivity contribution in [3.8, 4) is 10.4 Å². The van der Waals surface area contributed by atoms with E-state index in [1.807, 2.05) is 12.5 Å². The number of rotatable bonds is 5. The molecule has 0 aliphatic heterocycles. The van der Waals surface area contributed by atoms with E-state index in [9.17, 15) is 0 Å². The molecule has 4 aromatic rings. The third-order valence-electron chi connectivity index (χ3n) is 4.14. The molecule has 0 bridgehead atoms. The zero-order chi connectivity index (χ0) is 16.2. The van der Waals surface area contributed by atoms with Gasteiger partial charge in [-0.05, 0) is 28.1 Å². The Morgan fingerprint density at radius 1 is 0.833 bits per heavy atom. The highest BCUT2D eigenvalue weighted by Crippen LogP contribution is 2.25. The zero-order valence-electron chi connectivity index (χ0n) is 13.3. The molecule has 0 spiro atoms. The molecule has 2 aromatic heterocycles. The molecular formula is C21H18N2S. The monoisotopic (exact) mass is 330 g/mol. The van der Waals surface area contributed by atoms with E-state index >= 15 is 0 Å². The van der Waals surface area contributed by atoms with Crippen molar-refractivity contribution in [3.05, 3.63) is 101 Å². The molecule has 0 aliphatic rings. The predicted molar refractivity (Wildman–Crippen MR) is 100 cm³/mol. The van der Waals surface area contributed by atoms with Crippen LogP contribution in [0.1, 0.15) is 16.8 Å². The van der Waals surface area contributed by atoms with Crippen LogP contribution in [0.3, 0.4) is 0 Å². The van der Waals surface area contributed by atoms with Crippen molar-refractivity contribution in [1.82, 2.24) is 9.55 Å². The summed E-state index contributed by atoms with van der Waals surface area (Å²) in [6.45, 7) is 0.854. The fourth-order valence-electron chi connectivity index (χ4n) is 2.86. The summed E-state index contributed by atoms with van der Waals surface area (Å²) in [7, 11) is 0. The van der Waals surface area contributed by atoms with Crippen molar-refractivity contribution in [1.29, 1.82) is 0 Å². The number of imidazole rings is 1. The van der Waals surface area contributed by atoms with Crippen LogP contribution in [0.5, 0.6) is 0 Å². The van der Waals surface area contributed by atoms with E-state index in [1.165, 1.54) is 27.3 Å². The van der Waals surface area contributed by atoms with Crippen molar-refractivity contribution in [2.75, 3.05) is 0 Å². The Morgan fingerprint density at radius 3 is 2.42 bits per heavy atom. The molecule has 0 fully saturated rings. The van der Waals surface area contributed by atoms with Crippen LogP contribution < -0.4 is 0 Å². The lowest BCUT2D eigenvalue weighted by atomic mass is 10.1. The predicted octanol–water partition coefficient (Wildman–Crippen LogP) is 5.25. The van der Waals surface area contributed by atoms with Gasteiger partial charge >= 0.3 is 0 Å². The minimum absolute atomic E-state index is 0.854. The van der Waals surface area contributed by atoms with Gasteiger partial charge in [-0.25, -0.2) is 4.98 Å². The summed E-state index contributed by atoms with van der Waals surface area (Å²) in [5.41, 5.74) is 5.13. The Kier molecular flexibility index (Phi) is 4.26. The molecule has 2 aromatic carbocycles. The molecule has 0 N–H and O–H groups in total. The molecule has 118 valence electrons. The van der Waals surface area contributed by atoms with Crippen LogP contribution in [0.15, 0.2) is 84.6 Å². The van der Waals surface area contributed by atoms with E-state index in [0.29, 0.717) is 0 Å². The van der Waals surface area contributed by atoms with Gasteiger partial charge in [0.2, 0.25) is 0 Å². The number of hydrogen-bond donors (Lipinski definition) is 0. The normalized spacial score (nSPS) is 10.8. The largest absolute Gasteiger partial charge is 0.330 e. The van der Waals surface area contributed by atoms with Gasteiger partial charge in [-0.2, -0.15) is 0 Å². The first kappa shape index (κ1) is 14.9. The highest BCUT2D eigenvalue weighted by Gasteiger charge is 2.05. The Bertz CT molecular complexity index is 891. The maximum atomic E-state index is 4.34. The van der Waals surface area contributed by atoms with E-state index in [0.717, 1.165) is 13.0 Å². The average molecular weight is 330 g/mol. The quantitative estimate of drug-likeness (QED) is 0.488. The van der Waals surface area contributed by atoms with Crippen molar-refractivity contribution in [2.45, 2.75) is 13.0 Å². The minimum Gasteiger partial charge on any atom is -0.330 e. The van der Waals surface area contributed by atoms with Crippen LogP contribution in [0, 0.1) is 0 Å². The molecule has 0 amide bonds. The first-order valence-electron chi connectivity index (χ1n) is 8.04. The minimum atomic E-state index is 0.854. The summed E-state index contributed by atoms with van der Waals surface area (Å²) < 4.78 is 2.23. The van der Waals surface area contributed by atoms with Gasteiger partial charge in [-0.15, -0.1) is 11.3 Å². The molecule has 0 saturated carbocycles. The van der Waals surface area contributed by atoms with E-state index in [-0.39, 0.29) is 0 Å². The molecule has 3 heteroatoms.